The number of fused-ring (bicyclic) bond motifs is 1. The molecule has 0 spiro atoms. The highest BCUT2D eigenvalue weighted by molar-refractivity contribution is 7.89. The Morgan fingerprint density at radius 2 is 1.44 bits per heavy atom. The maximum atomic E-state index is 12.5. The topological polar surface area (TPSA) is 87.3 Å². The summed E-state index contributed by atoms with van der Waals surface area (Å²) in [4.78, 5) is 12.6. The molecule has 3 aromatic carbocycles. The van der Waals surface area contributed by atoms with Crippen molar-refractivity contribution in [1.82, 2.24) is 4.72 Å². The summed E-state index contributed by atoms with van der Waals surface area (Å²) in [6, 6.07) is 23.7. The Hall–Kier alpha value is -3.16. The quantitative estimate of drug-likeness (QED) is 0.653. The smallest absolute Gasteiger partial charge is 0.262 e. The Labute approximate surface area is 157 Å². The molecule has 27 heavy (non-hydrogen) atoms. The lowest BCUT2D eigenvalue weighted by molar-refractivity contribution is -0.117. The maximum Gasteiger partial charge on any atom is 0.262 e. The van der Waals surface area contributed by atoms with Crippen LogP contribution in [0.1, 0.15) is 0 Å². The maximum absolute atomic E-state index is 12.5. The molecule has 0 saturated carbocycles. The number of rotatable bonds is 3. The van der Waals surface area contributed by atoms with E-state index in [-0.39, 0.29) is 4.90 Å². The van der Waals surface area contributed by atoms with Crippen LogP contribution in [-0.4, -0.2) is 20.5 Å². The molecule has 0 saturated heterocycles. The molecule has 3 aromatic rings. The molecule has 4 rings (SSSR count). The summed E-state index contributed by atoms with van der Waals surface area (Å²) in [5.41, 5.74) is 3.09. The number of sulfonamides is 1. The molecule has 0 aliphatic carbocycles. The molecule has 1 aliphatic rings. The van der Waals surface area contributed by atoms with Crippen LogP contribution in [0.3, 0.4) is 0 Å². The van der Waals surface area contributed by atoms with Gasteiger partial charge in [0.1, 0.15) is 4.90 Å². The standard InChI is InChI=1S/C20H17N3O3S/c24-20(19-22-17-8-4-5-9-18(17)27(25,26)23-19)21-16-12-10-15(11-13-16)14-6-2-1-3-7-14/h1-13,19,22-23H,(H,21,24). The highest BCUT2D eigenvalue weighted by Crippen LogP contribution is 2.26. The fourth-order valence-electron chi connectivity index (χ4n) is 2.93. The predicted octanol–water partition coefficient (Wildman–Crippen LogP) is 3.02. The fraction of sp³-hybridized carbons (Fsp3) is 0.0500. The van der Waals surface area contributed by atoms with E-state index in [4.69, 9.17) is 0 Å². The predicted molar refractivity (Wildman–Crippen MR) is 105 cm³/mol. The van der Waals surface area contributed by atoms with E-state index >= 15 is 0 Å². The SMILES string of the molecule is O=C(Nc1ccc(-c2ccccc2)cc1)C1Nc2ccccc2S(=O)(=O)N1. The van der Waals surface area contributed by atoms with Gasteiger partial charge in [-0.15, -0.1) is 0 Å². The molecule has 3 N–H and O–H groups in total. The number of para-hydroxylation sites is 1. The minimum atomic E-state index is -3.74. The van der Waals surface area contributed by atoms with Gasteiger partial charge in [0, 0.05) is 5.69 Å². The van der Waals surface area contributed by atoms with E-state index in [1.807, 2.05) is 42.5 Å². The van der Waals surface area contributed by atoms with Crippen molar-refractivity contribution in [2.75, 3.05) is 10.6 Å². The molecule has 1 aliphatic heterocycles. The summed E-state index contributed by atoms with van der Waals surface area (Å²) in [6.45, 7) is 0. The van der Waals surface area contributed by atoms with Crippen LogP contribution < -0.4 is 15.4 Å². The Bertz CT molecular complexity index is 1080. The fourth-order valence-corrected chi connectivity index (χ4v) is 4.21. The number of hydrogen-bond acceptors (Lipinski definition) is 4. The molecule has 0 radical (unpaired) electrons. The van der Waals surface area contributed by atoms with E-state index in [0.29, 0.717) is 11.4 Å². The van der Waals surface area contributed by atoms with Crippen LogP contribution in [0.15, 0.2) is 83.8 Å². The van der Waals surface area contributed by atoms with Gasteiger partial charge in [-0.1, -0.05) is 54.6 Å². The first-order valence-electron chi connectivity index (χ1n) is 8.37. The lowest BCUT2D eigenvalue weighted by Crippen LogP contribution is -2.51. The molecule has 136 valence electrons. The number of benzene rings is 3. The van der Waals surface area contributed by atoms with Gasteiger partial charge in [-0.25, -0.2) is 8.42 Å². The first-order valence-corrected chi connectivity index (χ1v) is 9.85. The zero-order valence-electron chi connectivity index (χ0n) is 14.2. The second-order valence-electron chi connectivity index (χ2n) is 6.13. The third-order valence-electron chi connectivity index (χ3n) is 4.27. The molecule has 0 bridgehead atoms. The number of hydrogen-bond donors (Lipinski definition) is 3. The second kappa shape index (κ2) is 6.86. The number of anilines is 2. The van der Waals surface area contributed by atoms with E-state index in [1.54, 1.807) is 30.3 Å². The molecular weight excluding hydrogens is 362 g/mol. The average Bonchev–Trinajstić information content (AvgIpc) is 2.69. The molecule has 0 fully saturated rings. The van der Waals surface area contributed by atoms with Gasteiger partial charge in [0.2, 0.25) is 10.0 Å². The summed E-state index contributed by atoms with van der Waals surface area (Å²) in [7, 11) is -3.74. The monoisotopic (exact) mass is 379 g/mol. The first-order chi connectivity index (χ1) is 13.0. The van der Waals surface area contributed by atoms with Crippen LogP contribution >= 0.6 is 0 Å². The van der Waals surface area contributed by atoms with Crippen molar-refractivity contribution in [3.05, 3.63) is 78.9 Å². The molecule has 1 atom stereocenters. The molecule has 1 heterocycles. The van der Waals surface area contributed by atoms with Crippen molar-refractivity contribution in [3.63, 3.8) is 0 Å². The van der Waals surface area contributed by atoms with Crippen LogP contribution in [-0.2, 0) is 14.8 Å². The number of nitrogens with one attached hydrogen (secondary N) is 3. The summed E-state index contributed by atoms with van der Waals surface area (Å²) >= 11 is 0. The van der Waals surface area contributed by atoms with Gasteiger partial charge in [0.05, 0.1) is 5.69 Å². The normalized spacial score (nSPS) is 17.4. The van der Waals surface area contributed by atoms with Gasteiger partial charge in [-0.2, -0.15) is 4.72 Å². The molecule has 1 unspecified atom stereocenters. The number of carbonyl (C=O) groups is 1. The van der Waals surface area contributed by atoms with Crippen LogP contribution in [0.5, 0.6) is 0 Å². The summed E-state index contributed by atoms with van der Waals surface area (Å²) in [6.07, 6.45) is -1.08. The van der Waals surface area contributed by atoms with Gasteiger partial charge in [-0.05, 0) is 35.4 Å². The van der Waals surface area contributed by atoms with Gasteiger partial charge in [0.25, 0.3) is 5.91 Å². The van der Waals surface area contributed by atoms with Gasteiger partial charge >= 0.3 is 0 Å². The van der Waals surface area contributed by atoms with Crippen LogP contribution in [0, 0.1) is 0 Å². The highest BCUT2D eigenvalue weighted by atomic mass is 32.2. The zero-order valence-corrected chi connectivity index (χ0v) is 15.0. The lowest BCUT2D eigenvalue weighted by Gasteiger charge is -2.27. The van der Waals surface area contributed by atoms with Crippen LogP contribution in [0.4, 0.5) is 11.4 Å². The Balaban J connectivity index is 1.50. The van der Waals surface area contributed by atoms with Crippen molar-refractivity contribution in [3.8, 4) is 11.1 Å². The van der Waals surface area contributed by atoms with Crippen molar-refractivity contribution in [2.45, 2.75) is 11.1 Å². The van der Waals surface area contributed by atoms with Gasteiger partial charge < -0.3 is 10.6 Å². The van der Waals surface area contributed by atoms with E-state index in [1.165, 1.54) is 6.07 Å². The van der Waals surface area contributed by atoms with Crippen molar-refractivity contribution in [1.29, 1.82) is 0 Å². The molecular formula is C20H17N3O3S. The zero-order chi connectivity index (χ0) is 18.9. The Morgan fingerprint density at radius 3 is 2.19 bits per heavy atom. The van der Waals surface area contributed by atoms with Gasteiger partial charge in [0.15, 0.2) is 6.17 Å². The van der Waals surface area contributed by atoms with Crippen LogP contribution in [0.25, 0.3) is 11.1 Å². The lowest BCUT2D eigenvalue weighted by atomic mass is 10.1. The van der Waals surface area contributed by atoms with Crippen LogP contribution in [0.2, 0.25) is 0 Å². The first kappa shape index (κ1) is 17.3. The van der Waals surface area contributed by atoms with E-state index in [9.17, 15) is 13.2 Å². The van der Waals surface area contributed by atoms with Crippen molar-refractivity contribution >= 4 is 27.3 Å². The minimum Gasteiger partial charge on any atom is -0.360 e. The Kier molecular flexibility index (Phi) is 4.39. The molecule has 0 aromatic heterocycles. The Morgan fingerprint density at radius 1 is 0.815 bits per heavy atom. The largest absolute Gasteiger partial charge is 0.360 e. The molecule has 6 nitrogen and oxygen atoms in total. The summed E-state index contributed by atoms with van der Waals surface area (Å²) < 4.78 is 27.0. The van der Waals surface area contributed by atoms with Crippen molar-refractivity contribution < 1.29 is 13.2 Å². The van der Waals surface area contributed by atoms with E-state index < -0.39 is 22.1 Å². The van der Waals surface area contributed by atoms with Gasteiger partial charge in [-0.3, -0.25) is 4.79 Å². The second-order valence-corrected chi connectivity index (χ2v) is 7.81. The van der Waals surface area contributed by atoms with Crippen molar-refractivity contribution in [2.24, 2.45) is 0 Å². The summed E-state index contributed by atoms with van der Waals surface area (Å²) in [5.74, 6) is -0.486. The van der Waals surface area contributed by atoms with E-state index in [2.05, 4.69) is 15.4 Å². The molecule has 1 amide bonds. The highest BCUT2D eigenvalue weighted by Gasteiger charge is 2.32. The van der Waals surface area contributed by atoms with E-state index in [0.717, 1.165) is 11.1 Å². The third-order valence-corrected chi connectivity index (χ3v) is 5.75. The third kappa shape index (κ3) is 3.55. The summed E-state index contributed by atoms with van der Waals surface area (Å²) in [5, 5.41) is 5.64. The minimum absolute atomic E-state index is 0.126. The molecule has 7 heteroatoms. The number of amides is 1. The number of carbonyl (C=O) groups excluding carboxylic acids is 1. The average molecular weight is 379 g/mol.